The predicted molar refractivity (Wildman–Crippen MR) is 136 cm³/mol. The highest BCUT2D eigenvalue weighted by molar-refractivity contribution is 5.81. The summed E-state index contributed by atoms with van der Waals surface area (Å²) in [6.07, 6.45) is -1.78. The van der Waals surface area contributed by atoms with Gasteiger partial charge < -0.3 is 9.80 Å². The van der Waals surface area contributed by atoms with Gasteiger partial charge in [0.1, 0.15) is 5.82 Å². The number of halogens is 5. The first kappa shape index (κ1) is 27.6. The fourth-order valence-electron chi connectivity index (χ4n) is 6.93. The number of piperidine rings is 1. The Labute approximate surface area is 225 Å². The molecule has 0 bridgehead atoms. The SMILES string of the molecule is CC(=O)N1CCC(C(=O)N2CC[C@@]3(Cc4ccc(F)cc4)c4ccc(C(C)(F)C(F)(F)F)cc4CC[C@@H]23)CC1. The minimum atomic E-state index is -5.04. The summed E-state index contributed by atoms with van der Waals surface area (Å²) in [5.74, 6) is -0.503. The Morgan fingerprint density at radius 3 is 2.26 bits per heavy atom. The van der Waals surface area contributed by atoms with Gasteiger partial charge in [0.15, 0.2) is 0 Å². The maximum atomic E-state index is 14.9. The molecule has 9 heteroatoms. The fraction of sp³-hybridized carbons (Fsp3) is 0.533. The van der Waals surface area contributed by atoms with E-state index in [1.165, 1.54) is 31.2 Å². The lowest BCUT2D eigenvalue weighted by atomic mass is 9.63. The van der Waals surface area contributed by atoms with Crippen LogP contribution in [0, 0.1) is 11.7 Å². The van der Waals surface area contributed by atoms with Crippen molar-refractivity contribution in [2.24, 2.45) is 5.92 Å². The third-order valence-electron chi connectivity index (χ3n) is 9.22. The average Bonchev–Trinajstić information content (AvgIpc) is 3.28. The topological polar surface area (TPSA) is 40.6 Å². The smallest absolute Gasteiger partial charge is 0.343 e. The van der Waals surface area contributed by atoms with Crippen molar-refractivity contribution >= 4 is 11.8 Å². The summed E-state index contributed by atoms with van der Waals surface area (Å²) in [5, 5.41) is 0. The zero-order chi connectivity index (χ0) is 28.2. The van der Waals surface area contributed by atoms with E-state index in [0.29, 0.717) is 70.6 Å². The third kappa shape index (κ3) is 4.82. The normalized spacial score (nSPS) is 25.2. The molecular formula is C30H33F5N2O2. The van der Waals surface area contributed by atoms with Gasteiger partial charge in [-0.05, 0) is 79.8 Å². The molecule has 0 aromatic heterocycles. The van der Waals surface area contributed by atoms with Crippen molar-refractivity contribution in [2.45, 2.75) is 75.7 Å². The van der Waals surface area contributed by atoms with Crippen molar-refractivity contribution < 1.29 is 31.5 Å². The van der Waals surface area contributed by atoms with Gasteiger partial charge in [-0.2, -0.15) is 13.2 Å². The van der Waals surface area contributed by atoms with E-state index < -0.39 is 22.8 Å². The molecule has 1 aliphatic carbocycles. The summed E-state index contributed by atoms with van der Waals surface area (Å²) < 4.78 is 69.0. The monoisotopic (exact) mass is 548 g/mol. The molecule has 0 radical (unpaired) electrons. The zero-order valence-electron chi connectivity index (χ0n) is 22.2. The quantitative estimate of drug-likeness (QED) is 0.450. The largest absolute Gasteiger partial charge is 0.426 e. The van der Waals surface area contributed by atoms with Gasteiger partial charge in [0, 0.05) is 43.9 Å². The van der Waals surface area contributed by atoms with Crippen LogP contribution in [0.2, 0.25) is 0 Å². The molecule has 0 N–H and O–H groups in total. The van der Waals surface area contributed by atoms with Crippen molar-refractivity contribution in [1.82, 2.24) is 9.80 Å². The van der Waals surface area contributed by atoms with Gasteiger partial charge in [-0.15, -0.1) is 0 Å². The van der Waals surface area contributed by atoms with E-state index in [0.717, 1.165) is 11.1 Å². The number of aryl methyl sites for hydroxylation is 1. The van der Waals surface area contributed by atoms with Crippen molar-refractivity contribution in [3.63, 3.8) is 0 Å². The molecule has 2 aromatic rings. The molecule has 210 valence electrons. The Hall–Kier alpha value is -2.97. The second-order valence-electron chi connectivity index (χ2n) is 11.4. The van der Waals surface area contributed by atoms with Crippen LogP contribution in [-0.4, -0.2) is 53.5 Å². The van der Waals surface area contributed by atoms with E-state index in [2.05, 4.69) is 0 Å². The average molecular weight is 549 g/mol. The van der Waals surface area contributed by atoms with Gasteiger partial charge in [0.2, 0.25) is 17.5 Å². The van der Waals surface area contributed by atoms with E-state index in [-0.39, 0.29) is 29.6 Å². The molecule has 5 rings (SSSR count). The highest BCUT2D eigenvalue weighted by atomic mass is 19.4. The number of alkyl halides is 4. The Bertz CT molecular complexity index is 1250. The van der Waals surface area contributed by atoms with Crippen LogP contribution >= 0.6 is 0 Å². The van der Waals surface area contributed by atoms with Crippen LogP contribution in [0.25, 0.3) is 0 Å². The van der Waals surface area contributed by atoms with E-state index in [4.69, 9.17) is 0 Å². The molecule has 2 fully saturated rings. The summed E-state index contributed by atoms with van der Waals surface area (Å²) in [6, 6.07) is 10.2. The molecule has 2 aromatic carbocycles. The lowest BCUT2D eigenvalue weighted by molar-refractivity contribution is -0.228. The van der Waals surface area contributed by atoms with Crippen LogP contribution in [0.3, 0.4) is 0 Å². The minimum Gasteiger partial charge on any atom is -0.343 e. The Balaban J connectivity index is 1.49. The number of fused-ring (bicyclic) bond motifs is 3. The molecule has 2 saturated heterocycles. The molecule has 3 atom stereocenters. The number of carbonyl (C=O) groups is 2. The highest BCUT2D eigenvalue weighted by Crippen LogP contribution is 2.51. The third-order valence-corrected chi connectivity index (χ3v) is 9.22. The maximum absolute atomic E-state index is 14.9. The van der Waals surface area contributed by atoms with Crippen LogP contribution in [0.15, 0.2) is 42.5 Å². The van der Waals surface area contributed by atoms with Crippen LogP contribution < -0.4 is 0 Å². The van der Waals surface area contributed by atoms with Gasteiger partial charge in [-0.1, -0.05) is 30.3 Å². The number of likely N-dealkylation sites (tertiary alicyclic amines) is 2. The molecule has 4 nitrogen and oxygen atoms in total. The molecular weight excluding hydrogens is 515 g/mol. The second kappa shape index (κ2) is 9.89. The first-order valence-corrected chi connectivity index (χ1v) is 13.5. The van der Waals surface area contributed by atoms with E-state index >= 15 is 0 Å². The summed E-state index contributed by atoms with van der Waals surface area (Å²) in [6.45, 7) is 3.65. The minimum absolute atomic E-state index is 0.00135. The van der Waals surface area contributed by atoms with Crippen molar-refractivity contribution in [2.75, 3.05) is 19.6 Å². The summed E-state index contributed by atoms with van der Waals surface area (Å²) in [5.41, 5.74) is -2.10. The lowest BCUT2D eigenvalue weighted by Gasteiger charge is -2.45. The highest BCUT2D eigenvalue weighted by Gasteiger charge is 2.56. The fourth-order valence-corrected chi connectivity index (χ4v) is 6.93. The summed E-state index contributed by atoms with van der Waals surface area (Å²) >= 11 is 0. The maximum Gasteiger partial charge on any atom is 0.426 e. The van der Waals surface area contributed by atoms with Gasteiger partial charge in [-0.25, -0.2) is 8.78 Å². The molecule has 39 heavy (non-hydrogen) atoms. The van der Waals surface area contributed by atoms with Gasteiger partial charge >= 0.3 is 6.18 Å². The molecule has 2 amide bonds. The Morgan fingerprint density at radius 1 is 0.974 bits per heavy atom. The Kier molecular flexibility index (Phi) is 7.00. The molecule has 0 spiro atoms. The van der Waals surface area contributed by atoms with Crippen LogP contribution in [0.5, 0.6) is 0 Å². The number of nitrogens with zero attached hydrogens (tertiary/aromatic N) is 2. The van der Waals surface area contributed by atoms with Crippen molar-refractivity contribution in [3.05, 3.63) is 70.5 Å². The zero-order valence-corrected chi connectivity index (χ0v) is 22.2. The summed E-state index contributed by atoms with van der Waals surface area (Å²) in [7, 11) is 0. The number of hydrogen-bond acceptors (Lipinski definition) is 2. The first-order chi connectivity index (χ1) is 18.3. The van der Waals surface area contributed by atoms with Crippen molar-refractivity contribution in [3.8, 4) is 0 Å². The van der Waals surface area contributed by atoms with Gasteiger partial charge in [-0.3, -0.25) is 9.59 Å². The van der Waals surface area contributed by atoms with Gasteiger partial charge in [0.05, 0.1) is 0 Å². The first-order valence-electron chi connectivity index (χ1n) is 13.5. The number of benzene rings is 2. The summed E-state index contributed by atoms with van der Waals surface area (Å²) in [4.78, 5) is 29.2. The standard InChI is InChI=1S/C30H33F5N2O2/c1-19(38)36-14-11-21(12-15-36)27(39)37-16-13-29(18-20-3-7-24(31)8-4-20)25-9-6-23(28(2,32)30(33,34)35)17-22(25)5-10-26(29)37/h3-4,6-9,17,21,26H,5,10-16,18H2,1-2H3/t26-,28?,29-/m1/s1. The van der Waals surface area contributed by atoms with Crippen LogP contribution in [0.1, 0.15) is 61.8 Å². The molecule has 1 unspecified atom stereocenters. The molecule has 2 aliphatic heterocycles. The molecule has 0 saturated carbocycles. The Morgan fingerprint density at radius 2 is 1.64 bits per heavy atom. The number of carbonyl (C=O) groups excluding carboxylic acids is 2. The number of hydrogen-bond donors (Lipinski definition) is 0. The van der Waals surface area contributed by atoms with Crippen LogP contribution in [-0.2, 0) is 33.5 Å². The van der Waals surface area contributed by atoms with E-state index in [1.807, 2.05) is 4.90 Å². The lowest BCUT2D eigenvalue weighted by Crippen LogP contribution is -2.51. The van der Waals surface area contributed by atoms with E-state index in [1.54, 1.807) is 23.1 Å². The number of rotatable bonds is 4. The van der Waals surface area contributed by atoms with Crippen molar-refractivity contribution in [1.29, 1.82) is 0 Å². The molecule has 3 aliphatic rings. The van der Waals surface area contributed by atoms with E-state index in [9.17, 15) is 31.5 Å². The van der Waals surface area contributed by atoms with Gasteiger partial charge in [0.25, 0.3) is 0 Å². The second-order valence-corrected chi connectivity index (χ2v) is 11.4. The molecule has 2 heterocycles. The predicted octanol–water partition coefficient (Wildman–Crippen LogP) is 5.86. The van der Waals surface area contributed by atoms with Crippen LogP contribution in [0.4, 0.5) is 22.0 Å². The number of amides is 2.